The highest BCUT2D eigenvalue weighted by atomic mass is 16.8. The van der Waals surface area contributed by atoms with Crippen LogP contribution in [-0.2, 0) is 9.47 Å². The van der Waals surface area contributed by atoms with Crippen molar-refractivity contribution in [2.24, 2.45) is 5.41 Å². The second-order valence-corrected chi connectivity index (χ2v) is 10.4. The molecule has 224 valence electrons. The number of para-hydroxylation sites is 2. The predicted molar refractivity (Wildman–Crippen MR) is 147 cm³/mol. The van der Waals surface area contributed by atoms with Crippen LogP contribution in [0.1, 0.15) is 52.7 Å². The van der Waals surface area contributed by atoms with Crippen LogP contribution in [0.3, 0.4) is 0 Å². The van der Waals surface area contributed by atoms with Gasteiger partial charge in [-0.15, -0.1) is 0 Å². The van der Waals surface area contributed by atoms with E-state index < -0.39 is 48.4 Å². The molecular formula is C30H34N2O10. The molecule has 4 rings (SSSR count). The van der Waals surface area contributed by atoms with Crippen LogP contribution in [0.5, 0.6) is 11.5 Å². The summed E-state index contributed by atoms with van der Waals surface area (Å²) in [7, 11) is 0. The van der Waals surface area contributed by atoms with Crippen molar-refractivity contribution in [2.75, 3.05) is 13.2 Å². The van der Waals surface area contributed by atoms with E-state index in [-0.39, 0.29) is 42.2 Å². The van der Waals surface area contributed by atoms with E-state index in [0.29, 0.717) is 5.56 Å². The maximum Gasteiger partial charge on any atom is 0.347 e. The first-order chi connectivity index (χ1) is 20.1. The number of carbonyl (C=O) groups is 2. The highest BCUT2D eigenvalue weighted by Crippen LogP contribution is 2.45. The lowest BCUT2D eigenvalue weighted by Crippen LogP contribution is -2.51. The van der Waals surface area contributed by atoms with Crippen molar-refractivity contribution in [1.82, 2.24) is 10.3 Å². The van der Waals surface area contributed by atoms with E-state index in [9.17, 15) is 19.8 Å². The van der Waals surface area contributed by atoms with Gasteiger partial charge in [-0.25, -0.2) is 9.59 Å². The summed E-state index contributed by atoms with van der Waals surface area (Å²) in [5.41, 5.74) is -0.144. The smallest absolute Gasteiger partial charge is 0.347 e. The van der Waals surface area contributed by atoms with Gasteiger partial charge < -0.3 is 39.4 Å². The van der Waals surface area contributed by atoms with Gasteiger partial charge in [-0.05, 0) is 30.3 Å². The molecule has 0 amide bonds. The van der Waals surface area contributed by atoms with E-state index in [1.165, 1.54) is 24.5 Å². The topological polar surface area (TPSA) is 180 Å². The second-order valence-electron chi connectivity index (χ2n) is 10.4. The molecule has 0 bridgehead atoms. The molecule has 42 heavy (non-hydrogen) atoms. The number of ether oxygens (including phenoxy) is 4. The van der Waals surface area contributed by atoms with Crippen LogP contribution in [0.2, 0.25) is 0 Å². The monoisotopic (exact) mass is 582 g/mol. The lowest BCUT2D eigenvalue weighted by atomic mass is 9.86. The van der Waals surface area contributed by atoms with Gasteiger partial charge in [-0.1, -0.05) is 44.2 Å². The lowest BCUT2D eigenvalue weighted by Gasteiger charge is -2.35. The van der Waals surface area contributed by atoms with Crippen LogP contribution in [0, 0.1) is 5.41 Å². The highest BCUT2D eigenvalue weighted by molar-refractivity contribution is 5.97. The van der Waals surface area contributed by atoms with E-state index in [0.717, 1.165) is 0 Å². The van der Waals surface area contributed by atoms with E-state index in [1.807, 2.05) is 0 Å². The summed E-state index contributed by atoms with van der Waals surface area (Å²) in [5, 5.41) is 41.5. The Morgan fingerprint density at radius 3 is 2.36 bits per heavy atom. The number of benzene rings is 2. The fraction of sp³-hybridized carbons (Fsp3) is 0.367. The summed E-state index contributed by atoms with van der Waals surface area (Å²) in [6.45, 7) is 3.19. The van der Waals surface area contributed by atoms with Gasteiger partial charge in [0.25, 0.3) is 0 Å². The summed E-state index contributed by atoms with van der Waals surface area (Å²) >= 11 is 0. The van der Waals surface area contributed by atoms with E-state index in [2.05, 4.69) is 10.3 Å². The molecule has 2 heterocycles. The van der Waals surface area contributed by atoms with Crippen LogP contribution < -0.4 is 14.8 Å². The molecule has 12 heteroatoms. The summed E-state index contributed by atoms with van der Waals surface area (Å²) in [6.07, 6.45) is -2.34. The number of hydrogen-bond donors (Lipinski definition) is 5. The Labute approximate surface area is 242 Å². The molecule has 5 N–H and O–H groups in total. The Hall–Kier alpha value is -3.75. The number of esters is 2. The van der Waals surface area contributed by atoms with Gasteiger partial charge in [0.05, 0.1) is 12.2 Å². The third kappa shape index (κ3) is 7.95. The number of carbonyl (C=O) groups excluding carboxylic acids is 2. The number of nitrogens with one attached hydrogen (secondary N) is 1. The third-order valence-corrected chi connectivity index (χ3v) is 6.59. The Morgan fingerprint density at radius 1 is 0.976 bits per heavy atom. The minimum Gasteiger partial charge on any atom is -0.422 e. The number of aliphatic hydroxyl groups excluding tert-OH is 3. The SMILES string of the molecule is CC(C)(CO)C(OC1OC1c1ccccc1OC(=O)c1ccccc1OC(=O)c1cccnc1)C(O)NCCC(O)O. The molecule has 12 nitrogen and oxygen atoms in total. The Bertz CT molecular complexity index is 1350. The van der Waals surface area contributed by atoms with Crippen LogP contribution in [-0.4, -0.2) is 75.4 Å². The summed E-state index contributed by atoms with van der Waals surface area (Å²) in [5.74, 6) is -1.23. The Kier molecular flexibility index (Phi) is 10.4. The number of hydrogen-bond acceptors (Lipinski definition) is 12. The zero-order chi connectivity index (χ0) is 30.3. The van der Waals surface area contributed by atoms with Crippen molar-refractivity contribution in [1.29, 1.82) is 0 Å². The first kappa shape index (κ1) is 31.2. The van der Waals surface area contributed by atoms with Crippen molar-refractivity contribution in [3.63, 3.8) is 0 Å². The van der Waals surface area contributed by atoms with Gasteiger partial charge in [0.1, 0.15) is 35.5 Å². The molecule has 0 radical (unpaired) electrons. The zero-order valence-corrected chi connectivity index (χ0v) is 23.1. The van der Waals surface area contributed by atoms with Gasteiger partial charge in [-0.2, -0.15) is 0 Å². The van der Waals surface area contributed by atoms with Gasteiger partial charge in [-0.3, -0.25) is 10.3 Å². The fourth-order valence-corrected chi connectivity index (χ4v) is 4.14. The van der Waals surface area contributed by atoms with Crippen LogP contribution in [0.15, 0.2) is 73.1 Å². The van der Waals surface area contributed by atoms with Crippen molar-refractivity contribution in [2.45, 2.75) is 51.3 Å². The molecule has 1 aromatic heterocycles. The first-order valence-electron chi connectivity index (χ1n) is 13.3. The number of aromatic nitrogens is 1. The predicted octanol–water partition coefficient (Wildman–Crippen LogP) is 1.93. The average Bonchev–Trinajstić information content (AvgIpc) is 3.75. The van der Waals surface area contributed by atoms with Gasteiger partial charge in [0.2, 0.25) is 0 Å². The molecular weight excluding hydrogens is 548 g/mol. The quantitative estimate of drug-likeness (QED) is 0.0808. The molecule has 0 saturated carbocycles. The largest absolute Gasteiger partial charge is 0.422 e. The number of rotatable bonds is 14. The molecule has 0 spiro atoms. The zero-order valence-electron chi connectivity index (χ0n) is 23.1. The highest BCUT2D eigenvalue weighted by Gasteiger charge is 2.48. The maximum atomic E-state index is 13.2. The van der Waals surface area contributed by atoms with Crippen molar-refractivity contribution in [3.05, 3.63) is 89.7 Å². The number of aliphatic hydroxyl groups is 4. The average molecular weight is 583 g/mol. The number of pyridine rings is 1. The molecule has 4 atom stereocenters. The van der Waals surface area contributed by atoms with Crippen LogP contribution in [0.4, 0.5) is 0 Å². The molecule has 1 aliphatic rings. The summed E-state index contributed by atoms with van der Waals surface area (Å²) in [6, 6.07) is 16.0. The number of epoxide rings is 1. The van der Waals surface area contributed by atoms with Gasteiger partial charge in [0.15, 0.2) is 12.6 Å². The molecule has 3 aromatic rings. The van der Waals surface area contributed by atoms with Gasteiger partial charge in [0, 0.05) is 36.3 Å². The first-order valence-corrected chi connectivity index (χ1v) is 13.3. The van der Waals surface area contributed by atoms with Crippen molar-refractivity contribution < 1.29 is 49.0 Å². The van der Waals surface area contributed by atoms with Crippen LogP contribution in [0.25, 0.3) is 0 Å². The maximum absolute atomic E-state index is 13.2. The molecule has 1 aliphatic heterocycles. The van der Waals surface area contributed by atoms with Crippen molar-refractivity contribution >= 4 is 11.9 Å². The minimum atomic E-state index is -1.54. The molecule has 1 saturated heterocycles. The summed E-state index contributed by atoms with van der Waals surface area (Å²) in [4.78, 5) is 29.7. The minimum absolute atomic E-state index is 0.0157. The number of nitrogens with zero attached hydrogens (tertiary/aromatic N) is 1. The third-order valence-electron chi connectivity index (χ3n) is 6.59. The van der Waals surface area contributed by atoms with Gasteiger partial charge >= 0.3 is 11.9 Å². The Balaban J connectivity index is 1.45. The normalized spacial score (nSPS) is 17.9. The van der Waals surface area contributed by atoms with E-state index in [1.54, 1.807) is 62.4 Å². The summed E-state index contributed by atoms with van der Waals surface area (Å²) < 4.78 is 22.9. The van der Waals surface area contributed by atoms with E-state index >= 15 is 0 Å². The molecule has 4 unspecified atom stereocenters. The molecule has 2 aromatic carbocycles. The lowest BCUT2D eigenvalue weighted by molar-refractivity contribution is -0.147. The van der Waals surface area contributed by atoms with E-state index in [4.69, 9.17) is 29.2 Å². The second kappa shape index (κ2) is 13.9. The molecule has 1 fully saturated rings. The molecule has 0 aliphatic carbocycles. The fourth-order valence-electron chi connectivity index (χ4n) is 4.14. The Morgan fingerprint density at radius 2 is 1.67 bits per heavy atom. The van der Waals surface area contributed by atoms with Crippen LogP contribution >= 0.6 is 0 Å². The van der Waals surface area contributed by atoms with Crippen molar-refractivity contribution in [3.8, 4) is 11.5 Å². The standard InChI is InChI=1S/C30H34N2O10/c1-30(2,17-33)25(26(36)32-15-13-23(34)35)42-29-24(41-29)19-9-3-5-11-21(19)40-28(38)20-10-4-6-12-22(20)39-27(37)18-8-7-14-31-16-18/h3-12,14,16,23-26,29,32-36H,13,15,17H2,1-2H3.